The third-order valence-corrected chi connectivity index (χ3v) is 7.72. The average molecular weight is 585 g/mol. The molecule has 43 heavy (non-hydrogen) atoms. The van der Waals surface area contributed by atoms with E-state index in [1.165, 1.54) is 12.1 Å². The summed E-state index contributed by atoms with van der Waals surface area (Å²) in [6, 6.07) is 16.8. The number of morpholine rings is 1. The zero-order valence-electron chi connectivity index (χ0n) is 24.1. The fourth-order valence-electron chi connectivity index (χ4n) is 5.57. The maximum absolute atomic E-state index is 14.5. The van der Waals surface area contributed by atoms with E-state index in [0.717, 1.165) is 23.6 Å². The molecule has 2 saturated heterocycles. The monoisotopic (exact) mass is 584 g/mol. The topological polar surface area (TPSA) is 100 Å². The van der Waals surface area contributed by atoms with Gasteiger partial charge < -0.3 is 29.5 Å². The Kier molecular flexibility index (Phi) is 8.06. The van der Waals surface area contributed by atoms with E-state index in [1.54, 1.807) is 49.5 Å². The van der Waals surface area contributed by atoms with E-state index in [9.17, 15) is 14.0 Å². The summed E-state index contributed by atoms with van der Waals surface area (Å²) in [6.07, 6.45) is 3.24. The smallest absolute Gasteiger partial charge is 0.255 e. The normalized spacial score (nSPS) is 16.8. The highest BCUT2D eigenvalue weighted by Gasteiger charge is 2.33. The first-order valence-electron chi connectivity index (χ1n) is 14.3. The number of amides is 2. The second-order valence-electron chi connectivity index (χ2n) is 10.8. The number of hydrogen-bond acceptors (Lipinski definition) is 8. The summed E-state index contributed by atoms with van der Waals surface area (Å²) in [5, 5.41) is 4.46. The highest BCUT2D eigenvalue weighted by molar-refractivity contribution is 6.10. The minimum atomic E-state index is -0.474. The Morgan fingerprint density at radius 3 is 2.60 bits per heavy atom. The van der Waals surface area contributed by atoms with E-state index >= 15 is 0 Å². The van der Waals surface area contributed by atoms with Gasteiger partial charge in [-0.15, -0.1) is 0 Å². The van der Waals surface area contributed by atoms with Crippen LogP contribution in [0.4, 0.5) is 21.7 Å². The van der Waals surface area contributed by atoms with Gasteiger partial charge in [0.15, 0.2) is 0 Å². The van der Waals surface area contributed by atoms with Gasteiger partial charge in [-0.25, -0.2) is 9.37 Å². The number of nitrogens with one attached hydrogen (secondary N) is 1. The van der Waals surface area contributed by atoms with Crippen molar-refractivity contribution in [1.82, 2.24) is 14.9 Å². The summed E-state index contributed by atoms with van der Waals surface area (Å²) in [5.41, 5.74) is 1.45. The van der Waals surface area contributed by atoms with Crippen molar-refractivity contribution in [2.45, 2.75) is 18.9 Å². The molecule has 11 heteroatoms. The SMILES string of the molecule is CN(C)C(=O)[C@@H]1CCCN1c1nccc(Oc2ccc(NC(=O)c3cc(F)cc(N4CCOCC4)c3)c3ccccc23)n1. The maximum Gasteiger partial charge on any atom is 0.255 e. The molecule has 2 aliphatic rings. The predicted molar refractivity (Wildman–Crippen MR) is 163 cm³/mol. The molecule has 1 aromatic heterocycles. The Hall–Kier alpha value is -4.77. The van der Waals surface area contributed by atoms with E-state index in [4.69, 9.17) is 9.47 Å². The minimum absolute atomic E-state index is 0.0200. The van der Waals surface area contributed by atoms with Crippen LogP contribution < -0.4 is 19.9 Å². The molecule has 0 spiro atoms. The van der Waals surface area contributed by atoms with Crippen molar-refractivity contribution in [1.29, 1.82) is 0 Å². The number of rotatable bonds is 7. The summed E-state index contributed by atoms with van der Waals surface area (Å²) in [7, 11) is 3.49. The number of ether oxygens (including phenoxy) is 2. The molecule has 10 nitrogen and oxygen atoms in total. The van der Waals surface area contributed by atoms with Gasteiger partial charge in [-0.05, 0) is 43.2 Å². The van der Waals surface area contributed by atoms with Crippen LogP contribution >= 0.6 is 0 Å². The molecule has 2 aliphatic heterocycles. The van der Waals surface area contributed by atoms with E-state index in [1.807, 2.05) is 34.1 Å². The second kappa shape index (κ2) is 12.2. The molecule has 0 aliphatic carbocycles. The molecule has 0 radical (unpaired) electrons. The van der Waals surface area contributed by atoms with Gasteiger partial charge in [0.1, 0.15) is 17.6 Å². The van der Waals surface area contributed by atoms with Crippen molar-refractivity contribution < 1.29 is 23.5 Å². The minimum Gasteiger partial charge on any atom is -0.438 e. The van der Waals surface area contributed by atoms with Crippen LogP contribution in [0.3, 0.4) is 0 Å². The van der Waals surface area contributed by atoms with Crippen LogP contribution in [0.5, 0.6) is 11.6 Å². The molecular weight excluding hydrogens is 551 g/mol. The number of aromatic nitrogens is 2. The highest BCUT2D eigenvalue weighted by atomic mass is 19.1. The fraction of sp³-hybridized carbons (Fsp3) is 0.312. The molecule has 3 aromatic carbocycles. The van der Waals surface area contributed by atoms with Crippen LogP contribution in [0.1, 0.15) is 23.2 Å². The predicted octanol–water partition coefficient (Wildman–Crippen LogP) is 4.71. The molecule has 1 atom stereocenters. The van der Waals surface area contributed by atoms with Gasteiger partial charge in [-0.1, -0.05) is 24.3 Å². The fourth-order valence-corrected chi connectivity index (χ4v) is 5.57. The molecule has 0 unspecified atom stereocenters. The summed E-state index contributed by atoms with van der Waals surface area (Å²) in [5.74, 6) is 0.451. The standard InChI is InChI=1S/C32H33FN6O4/c1-37(2)31(41)27-8-5-13-39(27)32-34-12-11-29(36-32)43-28-10-9-26(24-6-3-4-7-25(24)28)35-30(40)21-18-22(33)20-23(19-21)38-14-16-42-17-15-38/h3-4,6-7,9-12,18-20,27H,5,8,13-17H2,1-2H3,(H,35,40)/t27-/m0/s1. The van der Waals surface area contributed by atoms with Gasteiger partial charge in [0.2, 0.25) is 17.7 Å². The van der Waals surface area contributed by atoms with Crippen LogP contribution in [0, 0.1) is 5.82 Å². The Labute approximate surface area is 249 Å². The lowest BCUT2D eigenvalue weighted by Crippen LogP contribution is -2.43. The van der Waals surface area contributed by atoms with Crippen molar-refractivity contribution in [3.63, 3.8) is 0 Å². The summed E-state index contributed by atoms with van der Waals surface area (Å²) < 4.78 is 26.2. The van der Waals surface area contributed by atoms with Gasteiger partial charge in [0.25, 0.3) is 5.91 Å². The zero-order valence-corrected chi connectivity index (χ0v) is 24.1. The van der Waals surface area contributed by atoms with Crippen molar-refractivity contribution in [3.05, 3.63) is 78.2 Å². The van der Waals surface area contributed by atoms with Crippen molar-refractivity contribution in [2.24, 2.45) is 0 Å². The number of carbonyl (C=O) groups is 2. The first-order valence-corrected chi connectivity index (χ1v) is 14.3. The lowest BCUT2D eigenvalue weighted by atomic mass is 10.1. The second-order valence-corrected chi connectivity index (χ2v) is 10.8. The van der Waals surface area contributed by atoms with E-state index in [-0.39, 0.29) is 17.5 Å². The first-order chi connectivity index (χ1) is 20.9. The molecule has 0 bridgehead atoms. The number of benzene rings is 3. The molecule has 2 fully saturated rings. The summed E-state index contributed by atoms with van der Waals surface area (Å²) in [4.78, 5) is 40.6. The summed E-state index contributed by atoms with van der Waals surface area (Å²) in [6.45, 7) is 3.08. The Morgan fingerprint density at radius 1 is 1.02 bits per heavy atom. The Bertz CT molecular complexity index is 1660. The number of nitrogens with zero attached hydrogens (tertiary/aromatic N) is 5. The largest absolute Gasteiger partial charge is 0.438 e. The molecular formula is C32H33FN6O4. The third kappa shape index (κ3) is 6.07. The quantitative estimate of drug-likeness (QED) is 0.334. The Morgan fingerprint density at radius 2 is 1.81 bits per heavy atom. The molecule has 2 amide bonds. The number of carbonyl (C=O) groups excluding carboxylic acids is 2. The number of hydrogen-bond donors (Lipinski definition) is 1. The number of fused-ring (bicyclic) bond motifs is 1. The van der Waals surface area contributed by atoms with Crippen LogP contribution in [-0.4, -0.2) is 79.7 Å². The lowest BCUT2D eigenvalue weighted by molar-refractivity contribution is -0.129. The number of likely N-dealkylation sites (N-methyl/N-ethyl adjacent to an activating group) is 1. The van der Waals surface area contributed by atoms with Gasteiger partial charge in [-0.2, -0.15) is 4.98 Å². The van der Waals surface area contributed by atoms with Gasteiger partial charge in [-0.3, -0.25) is 9.59 Å². The first kappa shape index (κ1) is 28.4. The van der Waals surface area contributed by atoms with Crippen LogP contribution in [0.15, 0.2) is 66.9 Å². The van der Waals surface area contributed by atoms with Crippen molar-refractivity contribution in [3.8, 4) is 11.6 Å². The van der Waals surface area contributed by atoms with Crippen molar-refractivity contribution in [2.75, 3.05) is 62.1 Å². The Balaban J connectivity index is 1.24. The lowest BCUT2D eigenvalue weighted by Gasteiger charge is -2.29. The molecule has 222 valence electrons. The van der Waals surface area contributed by atoms with E-state index in [2.05, 4.69) is 15.3 Å². The summed E-state index contributed by atoms with van der Waals surface area (Å²) >= 11 is 0. The van der Waals surface area contributed by atoms with Gasteiger partial charge in [0, 0.05) is 73.7 Å². The van der Waals surface area contributed by atoms with Crippen molar-refractivity contribution >= 4 is 39.9 Å². The molecule has 4 aromatic rings. The number of halogens is 1. The third-order valence-electron chi connectivity index (χ3n) is 7.72. The van der Waals surface area contributed by atoms with Crippen LogP contribution in [-0.2, 0) is 9.53 Å². The van der Waals surface area contributed by atoms with Gasteiger partial charge in [0.05, 0.1) is 13.2 Å². The molecule has 6 rings (SSSR count). The molecule has 3 heterocycles. The number of anilines is 3. The molecule has 0 saturated carbocycles. The van der Waals surface area contributed by atoms with E-state index in [0.29, 0.717) is 61.8 Å². The van der Waals surface area contributed by atoms with Gasteiger partial charge >= 0.3 is 0 Å². The van der Waals surface area contributed by atoms with Crippen LogP contribution in [0.25, 0.3) is 10.8 Å². The highest BCUT2D eigenvalue weighted by Crippen LogP contribution is 2.35. The molecule has 1 N–H and O–H groups in total. The average Bonchev–Trinajstić information content (AvgIpc) is 3.52. The van der Waals surface area contributed by atoms with Crippen LogP contribution in [0.2, 0.25) is 0 Å². The van der Waals surface area contributed by atoms with E-state index < -0.39 is 11.7 Å². The zero-order chi connectivity index (χ0) is 29.9. The maximum atomic E-state index is 14.5.